The van der Waals surface area contributed by atoms with Crippen LogP contribution in [0.15, 0.2) is 47.3 Å². The molecular formula is C27H33N3O4S. The van der Waals surface area contributed by atoms with Crippen molar-refractivity contribution in [2.45, 2.75) is 38.8 Å². The predicted octanol–water partition coefficient (Wildman–Crippen LogP) is 3.95. The van der Waals surface area contributed by atoms with Crippen LogP contribution in [0.4, 0.5) is 0 Å². The normalized spacial score (nSPS) is 15.2. The standard InChI is InChI=1S/C27H33N3O4S/c1-18-6-8-23-20(13-18)15-21(26(31)29-23)16-30(17-22-5-4-12-34-22)27(35)28-11-10-19-7-9-24(32-2)25(14-19)33-3/h6-9,13-15,22H,4-5,10-12,16-17H2,1-3H3,(H,28,35)(H,29,31)/t22-/m0/s1. The lowest BCUT2D eigenvalue weighted by Crippen LogP contribution is -2.44. The predicted molar refractivity (Wildman–Crippen MR) is 143 cm³/mol. The molecule has 0 radical (unpaired) electrons. The number of fused-ring (bicyclic) bond motifs is 1. The molecule has 4 rings (SSSR count). The van der Waals surface area contributed by atoms with Crippen LogP contribution in [-0.2, 0) is 17.7 Å². The van der Waals surface area contributed by atoms with E-state index in [-0.39, 0.29) is 11.7 Å². The van der Waals surface area contributed by atoms with Gasteiger partial charge in [0.2, 0.25) is 0 Å². The first-order valence-electron chi connectivity index (χ1n) is 11.9. The Morgan fingerprint density at radius 1 is 1.17 bits per heavy atom. The number of hydrogen-bond donors (Lipinski definition) is 2. The van der Waals surface area contributed by atoms with Gasteiger partial charge in [-0.1, -0.05) is 17.7 Å². The number of methoxy groups -OCH3 is 2. The highest BCUT2D eigenvalue weighted by Crippen LogP contribution is 2.27. The number of ether oxygens (including phenoxy) is 3. The summed E-state index contributed by atoms with van der Waals surface area (Å²) in [5.41, 5.74) is 3.70. The molecule has 186 valence electrons. The number of aryl methyl sites for hydroxylation is 1. The van der Waals surface area contributed by atoms with E-state index in [9.17, 15) is 4.79 Å². The van der Waals surface area contributed by atoms with Crippen molar-refractivity contribution >= 4 is 28.2 Å². The van der Waals surface area contributed by atoms with E-state index in [4.69, 9.17) is 26.4 Å². The number of pyridine rings is 1. The fourth-order valence-electron chi connectivity index (χ4n) is 4.41. The fourth-order valence-corrected chi connectivity index (χ4v) is 4.65. The van der Waals surface area contributed by atoms with E-state index in [0.29, 0.717) is 41.8 Å². The van der Waals surface area contributed by atoms with E-state index in [2.05, 4.69) is 16.4 Å². The number of thiocarbonyl (C=S) groups is 1. The summed E-state index contributed by atoms with van der Waals surface area (Å²) in [6.45, 7) is 4.54. The lowest BCUT2D eigenvalue weighted by molar-refractivity contribution is 0.0897. The number of rotatable bonds is 9. The minimum absolute atomic E-state index is 0.0909. The minimum atomic E-state index is -0.0909. The van der Waals surface area contributed by atoms with Crippen molar-refractivity contribution in [3.63, 3.8) is 0 Å². The number of aromatic amines is 1. The third-order valence-electron chi connectivity index (χ3n) is 6.31. The van der Waals surface area contributed by atoms with Gasteiger partial charge in [0, 0.05) is 30.8 Å². The number of benzene rings is 2. The van der Waals surface area contributed by atoms with Gasteiger partial charge in [0.25, 0.3) is 5.56 Å². The summed E-state index contributed by atoms with van der Waals surface area (Å²) in [5.74, 6) is 1.41. The quantitative estimate of drug-likeness (QED) is 0.435. The number of aromatic nitrogens is 1. The van der Waals surface area contributed by atoms with Crippen molar-refractivity contribution in [3.8, 4) is 11.5 Å². The summed E-state index contributed by atoms with van der Waals surface area (Å²) in [5, 5.41) is 5.01. The summed E-state index contributed by atoms with van der Waals surface area (Å²) in [6, 6.07) is 13.9. The highest BCUT2D eigenvalue weighted by molar-refractivity contribution is 7.80. The first kappa shape index (κ1) is 25.0. The van der Waals surface area contributed by atoms with Crippen LogP contribution in [0, 0.1) is 6.92 Å². The first-order valence-corrected chi connectivity index (χ1v) is 12.4. The average Bonchev–Trinajstić information content (AvgIpc) is 3.37. The highest BCUT2D eigenvalue weighted by Gasteiger charge is 2.22. The van der Waals surface area contributed by atoms with E-state index in [0.717, 1.165) is 47.9 Å². The van der Waals surface area contributed by atoms with E-state index in [1.165, 1.54) is 0 Å². The number of hydrogen-bond acceptors (Lipinski definition) is 5. The Balaban J connectivity index is 1.46. The topological polar surface area (TPSA) is 75.8 Å². The van der Waals surface area contributed by atoms with Gasteiger partial charge in [0.05, 0.1) is 26.9 Å². The summed E-state index contributed by atoms with van der Waals surface area (Å²) in [6.07, 6.45) is 2.93. The summed E-state index contributed by atoms with van der Waals surface area (Å²) in [7, 11) is 3.26. The Kier molecular flexibility index (Phi) is 8.25. The van der Waals surface area contributed by atoms with Crippen LogP contribution in [0.2, 0.25) is 0 Å². The molecule has 1 aliphatic heterocycles. The molecule has 8 heteroatoms. The third-order valence-corrected chi connectivity index (χ3v) is 6.71. The molecule has 0 unspecified atom stereocenters. The fraction of sp³-hybridized carbons (Fsp3) is 0.407. The molecule has 1 fully saturated rings. The molecule has 1 saturated heterocycles. The van der Waals surface area contributed by atoms with E-state index >= 15 is 0 Å². The minimum Gasteiger partial charge on any atom is -0.493 e. The lowest BCUT2D eigenvalue weighted by atomic mass is 10.1. The van der Waals surface area contributed by atoms with E-state index in [1.807, 2.05) is 48.2 Å². The Morgan fingerprint density at radius 2 is 2.00 bits per heavy atom. The number of H-pyrrole nitrogens is 1. The molecule has 2 heterocycles. The second-order valence-corrected chi connectivity index (χ2v) is 9.29. The van der Waals surface area contributed by atoms with Crippen molar-refractivity contribution in [1.29, 1.82) is 0 Å². The van der Waals surface area contributed by atoms with Crippen molar-refractivity contribution in [1.82, 2.24) is 15.2 Å². The molecule has 0 bridgehead atoms. The van der Waals surface area contributed by atoms with Gasteiger partial charge in [-0.15, -0.1) is 0 Å². The second-order valence-electron chi connectivity index (χ2n) is 8.90. The van der Waals surface area contributed by atoms with Crippen LogP contribution in [0.3, 0.4) is 0 Å². The van der Waals surface area contributed by atoms with Crippen LogP contribution in [0.1, 0.15) is 29.5 Å². The maximum Gasteiger partial charge on any atom is 0.253 e. The van der Waals surface area contributed by atoms with Gasteiger partial charge in [-0.25, -0.2) is 0 Å². The van der Waals surface area contributed by atoms with Crippen LogP contribution >= 0.6 is 12.2 Å². The van der Waals surface area contributed by atoms with Gasteiger partial charge in [-0.2, -0.15) is 0 Å². The van der Waals surface area contributed by atoms with Gasteiger partial charge < -0.3 is 29.4 Å². The maximum absolute atomic E-state index is 12.8. The molecule has 1 atom stereocenters. The number of nitrogens with one attached hydrogen (secondary N) is 2. The molecule has 1 aromatic heterocycles. The molecule has 0 aliphatic carbocycles. The van der Waals surface area contributed by atoms with E-state index < -0.39 is 0 Å². The van der Waals surface area contributed by atoms with Crippen LogP contribution < -0.4 is 20.3 Å². The van der Waals surface area contributed by atoms with E-state index in [1.54, 1.807) is 14.2 Å². The molecule has 1 aliphatic rings. The smallest absolute Gasteiger partial charge is 0.253 e. The van der Waals surface area contributed by atoms with Gasteiger partial charge in [-0.3, -0.25) is 4.79 Å². The molecule has 0 spiro atoms. The zero-order chi connectivity index (χ0) is 24.8. The molecule has 2 aromatic carbocycles. The Labute approximate surface area is 211 Å². The Hall–Kier alpha value is -3.10. The van der Waals surface area contributed by atoms with Crippen molar-refractivity contribution < 1.29 is 14.2 Å². The van der Waals surface area contributed by atoms with Gasteiger partial charge >= 0.3 is 0 Å². The Morgan fingerprint density at radius 3 is 2.74 bits per heavy atom. The average molecular weight is 496 g/mol. The molecule has 3 aromatic rings. The third kappa shape index (κ3) is 6.32. The summed E-state index contributed by atoms with van der Waals surface area (Å²) in [4.78, 5) is 17.9. The SMILES string of the molecule is COc1ccc(CCNC(=S)N(Cc2cc3cc(C)ccc3[nH]c2=O)C[C@@H]2CCCO2)cc1OC. The molecule has 2 N–H and O–H groups in total. The number of nitrogens with zero attached hydrogens (tertiary/aromatic N) is 1. The zero-order valence-corrected chi connectivity index (χ0v) is 21.4. The van der Waals surface area contributed by atoms with Crippen molar-refractivity contribution in [2.24, 2.45) is 0 Å². The van der Waals surface area contributed by atoms with Crippen LogP contribution in [-0.4, -0.2) is 55.0 Å². The van der Waals surface area contributed by atoms with Crippen LogP contribution in [0.5, 0.6) is 11.5 Å². The summed E-state index contributed by atoms with van der Waals surface area (Å²) >= 11 is 5.78. The Bertz CT molecular complexity index is 1240. The van der Waals surface area contributed by atoms with Crippen molar-refractivity contribution in [3.05, 3.63) is 69.5 Å². The molecule has 0 amide bonds. The van der Waals surface area contributed by atoms with Gasteiger partial charge in [0.15, 0.2) is 16.6 Å². The monoisotopic (exact) mass is 495 g/mol. The van der Waals surface area contributed by atoms with Crippen LogP contribution in [0.25, 0.3) is 10.9 Å². The lowest BCUT2D eigenvalue weighted by Gasteiger charge is -2.28. The first-order chi connectivity index (χ1) is 17.0. The van der Waals surface area contributed by atoms with Gasteiger partial charge in [0.1, 0.15) is 0 Å². The second kappa shape index (κ2) is 11.6. The summed E-state index contributed by atoms with van der Waals surface area (Å²) < 4.78 is 16.6. The molecule has 0 saturated carbocycles. The molecule has 7 nitrogen and oxygen atoms in total. The zero-order valence-electron chi connectivity index (χ0n) is 20.6. The maximum atomic E-state index is 12.8. The van der Waals surface area contributed by atoms with Gasteiger partial charge in [-0.05, 0) is 79.7 Å². The molecule has 35 heavy (non-hydrogen) atoms. The largest absolute Gasteiger partial charge is 0.493 e. The highest BCUT2D eigenvalue weighted by atomic mass is 32.1. The van der Waals surface area contributed by atoms with Crippen molar-refractivity contribution in [2.75, 3.05) is 33.9 Å². The molecular weight excluding hydrogens is 462 g/mol.